The van der Waals surface area contributed by atoms with E-state index in [1.54, 1.807) is 20.8 Å². The van der Waals surface area contributed by atoms with Crippen LogP contribution < -0.4 is 0 Å². The monoisotopic (exact) mass is 276 g/mol. The molecular weight excluding hydrogens is 264 g/mol. The zero-order chi connectivity index (χ0) is 12.6. The largest absolute Gasteiger partial charge is 0.510 e. The lowest BCUT2D eigenvalue weighted by molar-refractivity contribution is -0.148. The molecule has 0 aromatic carbocycles. The second-order valence-electron chi connectivity index (χ2n) is 4.46. The van der Waals surface area contributed by atoms with E-state index < -0.39 is 17.7 Å². The zero-order valence-corrected chi connectivity index (χ0v) is 11.2. The molecule has 0 aliphatic carbocycles. The molecule has 0 radical (unpaired) electrons. The number of rotatable bonds is 1. The van der Waals surface area contributed by atoms with Gasteiger partial charge in [0, 0.05) is 6.08 Å². The van der Waals surface area contributed by atoms with Crippen LogP contribution in [0.2, 0.25) is 0 Å². The summed E-state index contributed by atoms with van der Waals surface area (Å²) in [5.41, 5.74) is -1.23. The Bertz CT molecular complexity index is 367. The first kappa shape index (κ1) is 12.6. The fourth-order valence-electron chi connectivity index (χ4n) is 1.24. The van der Waals surface area contributed by atoms with Gasteiger partial charge < -0.3 is 14.2 Å². The van der Waals surface area contributed by atoms with Crippen molar-refractivity contribution in [3.8, 4) is 0 Å². The van der Waals surface area contributed by atoms with Crippen LogP contribution in [0, 0.1) is 0 Å². The van der Waals surface area contributed by atoms with E-state index >= 15 is 0 Å². The van der Waals surface area contributed by atoms with Gasteiger partial charge in [0.25, 0.3) is 0 Å². The summed E-state index contributed by atoms with van der Waals surface area (Å²) < 4.78 is 15.7. The highest BCUT2D eigenvalue weighted by molar-refractivity contribution is 8.25. The van der Waals surface area contributed by atoms with Gasteiger partial charge in [0.15, 0.2) is 0 Å². The lowest BCUT2D eigenvalue weighted by Gasteiger charge is -2.18. The van der Waals surface area contributed by atoms with Gasteiger partial charge in [-0.15, -0.1) is 0 Å². The highest BCUT2D eigenvalue weighted by atomic mass is 32.2. The summed E-state index contributed by atoms with van der Waals surface area (Å²) in [5.74, 6) is -0.404. The second kappa shape index (κ2) is 4.45. The summed E-state index contributed by atoms with van der Waals surface area (Å²) >= 11 is 2.59. The Morgan fingerprint density at radius 1 is 1.29 bits per heavy atom. The van der Waals surface area contributed by atoms with Crippen LogP contribution in [0.3, 0.4) is 0 Å². The van der Waals surface area contributed by atoms with E-state index in [-0.39, 0.29) is 10.9 Å². The summed E-state index contributed by atoms with van der Waals surface area (Å²) in [6.07, 6.45) is 0.743. The maximum atomic E-state index is 11.5. The van der Waals surface area contributed by atoms with Gasteiger partial charge in [0.1, 0.15) is 5.60 Å². The topological polar surface area (TPSA) is 61.8 Å². The van der Waals surface area contributed by atoms with E-state index in [2.05, 4.69) is 0 Å². The molecular formula is C10H12O5S2. The van der Waals surface area contributed by atoms with Crippen molar-refractivity contribution in [1.29, 1.82) is 0 Å². The van der Waals surface area contributed by atoms with Crippen molar-refractivity contribution in [3.05, 3.63) is 10.3 Å². The standard InChI is InChI=1S/C10H12O5S2/c1-10(2,3)15-5(11)4-6-16-7-8(17-6)14-9(12)13-7/h4,7-8H,1-3H3. The second-order valence-corrected chi connectivity index (χ2v) is 6.99. The van der Waals surface area contributed by atoms with Crippen LogP contribution in [0.25, 0.3) is 0 Å². The minimum Gasteiger partial charge on any atom is -0.457 e. The third-order valence-electron chi connectivity index (χ3n) is 1.75. The highest BCUT2D eigenvalue weighted by Gasteiger charge is 2.44. The number of hydrogen-bond donors (Lipinski definition) is 0. The van der Waals surface area contributed by atoms with Crippen molar-refractivity contribution in [3.63, 3.8) is 0 Å². The third kappa shape index (κ3) is 3.32. The number of esters is 1. The molecule has 5 nitrogen and oxygen atoms in total. The number of fused-ring (bicyclic) bond motifs is 1. The van der Waals surface area contributed by atoms with Crippen molar-refractivity contribution in [2.24, 2.45) is 0 Å². The van der Waals surface area contributed by atoms with Crippen molar-refractivity contribution in [2.75, 3.05) is 0 Å². The van der Waals surface area contributed by atoms with E-state index in [0.717, 1.165) is 4.24 Å². The predicted molar refractivity (Wildman–Crippen MR) is 64.3 cm³/mol. The molecule has 2 heterocycles. The zero-order valence-electron chi connectivity index (χ0n) is 9.59. The number of carbonyl (C=O) groups is 2. The van der Waals surface area contributed by atoms with Gasteiger partial charge in [-0.3, -0.25) is 0 Å². The average molecular weight is 276 g/mol. The van der Waals surface area contributed by atoms with E-state index in [1.165, 1.54) is 29.6 Å². The lowest BCUT2D eigenvalue weighted by atomic mass is 10.2. The van der Waals surface area contributed by atoms with Gasteiger partial charge in [0.05, 0.1) is 4.24 Å². The van der Waals surface area contributed by atoms with Gasteiger partial charge in [-0.25, -0.2) is 9.59 Å². The van der Waals surface area contributed by atoms with Crippen LogP contribution in [0.15, 0.2) is 10.3 Å². The maximum absolute atomic E-state index is 11.5. The van der Waals surface area contributed by atoms with Crippen LogP contribution in [0.5, 0.6) is 0 Å². The van der Waals surface area contributed by atoms with Crippen molar-refractivity contribution < 1.29 is 23.8 Å². The van der Waals surface area contributed by atoms with Gasteiger partial charge in [0.2, 0.25) is 10.9 Å². The maximum Gasteiger partial charge on any atom is 0.510 e. The Balaban J connectivity index is 1.93. The molecule has 0 spiro atoms. The Labute approximate surface area is 107 Å². The number of carbonyl (C=O) groups excluding carboxylic acids is 2. The van der Waals surface area contributed by atoms with Gasteiger partial charge in [-0.1, -0.05) is 23.5 Å². The summed E-state index contributed by atoms with van der Waals surface area (Å²) in [6.45, 7) is 5.41. The Morgan fingerprint density at radius 3 is 2.29 bits per heavy atom. The van der Waals surface area contributed by atoms with Crippen LogP contribution in [-0.4, -0.2) is 28.6 Å². The molecule has 0 amide bonds. The minimum atomic E-state index is -0.656. The molecule has 2 unspecified atom stereocenters. The van der Waals surface area contributed by atoms with Gasteiger partial charge in [-0.05, 0) is 20.8 Å². The lowest BCUT2D eigenvalue weighted by Crippen LogP contribution is -2.22. The van der Waals surface area contributed by atoms with E-state index in [4.69, 9.17) is 14.2 Å². The molecule has 2 saturated heterocycles. The summed E-state index contributed by atoms with van der Waals surface area (Å²) in [4.78, 5) is 22.3. The third-order valence-corrected chi connectivity index (χ3v) is 4.36. The Morgan fingerprint density at radius 2 is 1.82 bits per heavy atom. The first-order chi connectivity index (χ1) is 7.83. The van der Waals surface area contributed by atoms with E-state index in [1.807, 2.05) is 0 Å². The first-order valence-electron chi connectivity index (χ1n) is 4.99. The summed E-state index contributed by atoms with van der Waals surface area (Å²) in [7, 11) is 0. The van der Waals surface area contributed by atoms with Gasteiger partial charge >= 0.3 is 12.1 Å². The molecule has 7 heteroatoms. The molecule has 17 heavy (non-hydrogen) atoms. The smallest absolute Gasteiger partial charge is 0.457 e. The van der Waals surface area contributed by atoms with Gasteiger partial charge in [-0.2, -0.15) is 0 Å². The molecule has 2 fully saturated rings. The van der Waals surface area contributed by atoms with E-state index in [0.29, 0.717) is 0 Å². The molecule has 0 aromatic rings. The van der Waals surface area contributed by atoms with Crippen LogP contribution >= 0.6 is 23.5 Å². The molecule has 0 saturated carbocycles. The molecule has 0 aromatic heterocycles. The van der Waals surface area contributed by atoms with Crippen molar-refractivity contribution in [1.82, 2.24) is 0 Å². The number of ether oxygens (including phenoxy) is 3. The minimum absolute atomic E-state index is 0.360. The molecule has 94 valence electrons. The van der Waals surface area contributed by atoms with Crippen molar-refractivity contribution in [2.45, 2.75) is 37.2 Å². The average Bonchev–Trinajstić information content (AvgIpc) is 2.56. The fraction of sp³-hybridized carbons (Fsp3) is 0.600. The SMILES string of the molecule is CC(C)(C)OC(=O)C=C1SC2OC(=O)OC2S1. The molecule has 0 bridgehead atoms. The predicted octanol–water partition coefficient (Wildman–Crippen LogP) is 2.47. The molecule has 2 aliphatic heterocycles. The summed E-state index contributed by atoms with van der Waals surface area (Å²) in [5, 5.41) is 0. The van der Waals surface area contributed by atoms with Crippen LogP contribution in [-0.2, 0) is 19.0 Å². The first-order valence-corrected chi connectivity index (χ1v) is 6.75. The van der Waals surface area contributed by atoms with Crippen LogP contribution in [0.4, 0.5) is 4.79 Å². The number of hydrogen-bond acceptors (Lipinski definition) is 7. The fourth-order valence-corrected chi connectivity index (χ4v) is 3.74. The Kier molecular flexibility index (Phi) is 3.31. The quantitative estimate of drug-likeness (QED) is 0.538. The Hall–Kier alpha value is -0.820. The summed E-state index contributed by atoms with van der Waals surface area (Å²) in [6, 6.07) is 0. The molecule has 2 atom stereocenters. The molecule has 2 rings (SSSR count). The normalized spacial score (nSPS) is 27.2. The van der Waals surface area contributed by atoms with Crippen LogP contribution in [0.1, 0.15) is 20.8 Å². The van der Waals surface area contributed by atoms with Crippen molar-refractivity contribution >= 4 is 35.6 Å². The number of thioether (sulfide) groups is 2. The molecule has 2 aliphatic rings. The molecule has 0 N–H and O–H groups in total. The highest BCUT2D eigenvalue weighted by Crippen LogP contribution is 2.50. The van der Waals surface area contributed by atoms with E-state index in [9.17, 15) is 9.59 Å².